The molecular formula is C22H24ClFN4O5. The maximum absolute atomic E-state index is 13.5. The van der Waals surface area contributed by atoms with Crippen LogP contribution in [-0.4, -0.2) is 53.8 Å². The Morgan fingerprint density at radius 2 is 2.00 bits per heavy atom. The number of nitrogens with zero attached hydrogens (tertiary/aromatic N) is 1. The van der Waals surface area contributed by atoms with Crippen LogP contribution in [0.3, 0.4) is 0 Å². The zero-order valence-corrected chi connectivity index (χ0v) is 18.5. The average molecular weight is 479 g/mol. The number of amides is 3. The van der Waals surface area contributed by atoms with E-state index in [9.17, 15) is 18.8 Å². The molecule has 3 saturated carbocycles. The van der Waals surface area contributed by atoms with E-state index in [1.165, 1.54) is 18.3 Å². The molecule has 11 heteroatoms. The molecule has 1 aromatic rings. The molecule has 5 N–H and O–H groups in total. The minimum Gasteiger partial charge on any atom is -0.484 e. The first-order valence-electron chi connectivity index (χ1n) is 10.5. The van der Waals surface area contributed by atoms with Gasteiger partial charge in [0.15, 0.2) is 6.61 Å². The number of hydrogen-bond donors (Lipinski definition) is 4. The van der Waals surface area contributed by atoms with Gasteiger partial charge in [-0.25, -0.2) is 4.39 Å². The lowest BCUT2D eigenvalue weighted by Gasteiger charge is -2.75. The molecular weight excluding hydrogens is 455 g/mol. The van der Waals surface area contributed by atoms with Gasteiger partial charge in [0.05, 0.1) is 17.0 Å². The highest BCUT2D eigenvalue weighted by molar-refractivity contribution is 6.39. The number of halogens is 2. The average Bonchev–Trinajstić information content (AvgIpc) is 2.74. The molecule has 1 aromatic carbocycles. The third-order valence-electron chi connectivity index (χ3n) is 6.78. The Hall–Kier alpha value is -2.98. The first-order chi connectivity index (χ1) is 15.6. The van der Waals surface area contributed by atoms with Gasteiger partial charge in [0.25, 0.3) is 11.8 Å². The number of aliphatic hydroxyl groups is 1. The zero-order chi connectivity index (χ0) is 23.9. The molecule has 1 heterocycles. The molecule has 33 heavy (non-hydrogen) atoms. The monoisotopic (exact) mass is 478 g/mol. The number of ether oxygens (including phenoxy) is 1. The maximum atomic E-state index is 13.5. The van der Waals surface area contributed by atoms with Crippen LogP contribution in [0.5, 0.6) is 5.75 Å². The molecule has 3 amide bonds. The van der Waals surface area contributed by atoms with Crippen molar-refractivity contribution in [3.8, 4) is 5.75 Å². The van der Waals surface area contributed by atoms with Gasteiger partial charge in [-0.05, 0) is 42.9 Å². The van der Waals surface area contributed by atoms with E-state index < -0.39 is 34.0 Å². The van der Waals surface area contributed by atoms with Gasteiger partial charge in [0.1, 0.15) is 17.3 Å². The summed E-state index contributed by atoms with van der Waals surface area (Å²) >= 11 is 5.63. The van der Waals surface area contributed by atoms with Crippen LogP contribution in [-0.2, 0) is 14.4 Å². The molecule has 176 valence electrons. The smallest absolute Gasteiger partial charge is 0.265 e. The molecule has 3 aliphatic carbocycles. The lowest BCUT2D eigenvalue weighted by molar-refractivity contribution is -0.214. The van der Waals surface area contributed by atoms with Crippen LogP contribution in [0.2, 0.25) is 5.02 Å². The van der Waals surface area contributed by atoms with Gasteiger partial charge < -0.3 is 26.2 Å². The van der Waals surface area contributed by atoms with Crippen LogP contribution in [0, 0.1) is 16.6 Å². The zero-order valence-electron chi connectivity index (χ0n) is 17.7. The van der Waals surface area contributed by atoms with E-state index in [1.807, 2.05) is 0 Å². The fourth-order valence-electron chi connectivity index (χ4n) is 5.27. The molecule has 0 saturated heterocycles. The number of nitrogens with two attached hydrogens (primary N) is 1. The number of aliphatic imine (C=N–C) groups is 1. The summed E-state index contributed by atoms with van der Waals surface area (Å²) in [5.74, 6) is -1.82. The van der Waals surface area contributed by atoms with Crippen LogP contribution >= 0.6 is 11.6 Å². The summed E-state index contributed by atoms with van der Waals surface area (Å²) in [6.07, 6.45) is 4.72. The van der Waals surface area contributed by atoms with Crippen molar-refractivity contribution in [1.82, 2.24) is 10.6 Å². The molecule has 1 unspecified atom stereocenters. The van der Waals surface area contributed by atoms with Crippen LogP contribution in [0.15, 0.2) is 35.5 Å². The van der Waals surface area contributed by atoms with E-state index in [1.54, 1.807) is 6.08 Å². The summed E-state index contributed by atoms with van der Waals surface area (Å²) in [6.45, 7) is -0.423. The Kier molecular flexibility index (Phi) is 5.92. The van der Waals surface area contributed by atoms with Crippen molar-refractivity contribution in [2.24, 2.45) is 21.6 Å². The summed E-state index contributed by atoms with van der Waals surface area (Å²) in [6, 6.07) is 3.92. The minimum absolute atomic E-state index is 0.0369. The standard InChI is InChI=1S/C22H24ClFN4O5/c23-14-2-1-13(7-15(14)24)33-9-17(30)28-21-10-20(11-21,12-21)22(19(25)32)3-4-26-16(8-22)18(31)27-5-6-29/h1-4,7,29H,5-6,8-12H2,(H2,25,32)(H,27,31)(H,28,30). The molecule has 4 aliphatic rings. The Bertz CT molecular complexity index is 1060. The first kappa shape index (κ1) is 23.2. The molecule has 3 fully saturated rings. The Morgan fingerprint density at radius 3 is 2.64 bits per heavy atom. The fourth-order valence-corrected chi connectivity index (χ4v) is 5.39. The second-order valence-electron chi connectivity index (χ2n) is 8.89. The van der Waals surface area contributed by atoms with E-state index >= 15 is 0 Å². The summed E-state index contributed by atoms with van der Waals surface area (Å²) in [4.78, 5) is 41.3. The highest BCUT2D eigenvalue weighted by Crippen LogP contribution is 2.75. The topological polar surface area (TPSA) is 143 Å². The van der Waals surface area contributed by atoms with E-state index in [0.29, 0.717) is 19.3 Å². The molecule has 0 aromatic heterocycles. The third-order valence-corrected chi connectivity index (χ3v) is 7.08. The van der Waals surface area contributed by atoms with E-state index in [0.717, 1.165) is 6.07 Å². The summed E-state index contributed by atoms with van der Waals surface area (Å²) in [5, 5.41) is 14.3. The van der Waals surface area contributed by atoms with Gasteiger partial charge in [0.2, 0.25) is 5.91 Å². The molecule has 9 nitrogen and oxygen atoms in total. The van der Waals surface area contributed by atoms with Gasteiger partial charge in [-0.3, -0.25) is 19.4 Å². The Morgan fingerprint density at radius 1 is 1.27 bits per heavy atom. The normalized spacial score (nSPS) is 29.2. The van der Waals surface area contributed by atoms with Crippen molar-refractivity contribution in [1.29, 1.82) is 0 Å². The number of aliphatic hydroxyl groups excluding tert-OH is 1. The SMILES string of the molecule is NC(=O)C1(C23CC(NC(=O)COc4ccc(Cl)c(F)c4)(C2)C3)C=CN=C(C(=O)NCCO)C1. The lowest BCUT2D eigenvalue weighted by atomic mass is 9.31. The molecule has 1 aliphatic heterocycles. The van der Waals surface area contributed by atoms with Crippen molar-refractivity contribution in [2.45, 2.75) is 31.2 Å². The number of hydrogen-bond acceptors (Lipinski definition) is 6. The quantitative estimate of drug-likeness (QED) is 0.416. The number of benzene rings is 1. The number of primary amides is 1. The number of carbonyl (C=O) groups is 3. The number of carbonyl (C=O) groups excluding carboxylic acids is 3. The third kappa shape index (κ3) is 3.97. The Labute approximate surface area is 194 Å². The van der Waals surface area contributed by atoms with E-state index in [-0.39, 0.29) is 48.6 Å². The van der Waals surface area contributed by atoms with Gasteiger partial charge >= 0.3 is 0 Å². The summed E-state index contributed by atoms with van der Waals surface area (Å²) < 4.78 is 18.8. The fraction of sp³-hybridized carbons (Fsp3) is 0.455. The maximum Gasteiger partial charge on any atom is 0.265 e. The predicted octanol–water partition coefficient (Wildman–Crippen LogP) is 0.835. The summed E-state index contributed by atoms with van der Waals surface area (Å²) in [5.41, 5.74) is 3.96. The second kappa shape index (κ2) is 8.42. The van der Waals surface area contributed by atoms with Gasteiger partial charge in [-0.2, -0.15) is 0 Å². The number of rotatable bonds is 9. The molecule has 5 rings (SSSR count). The van der Waals surface area contributed by atoms with Crippen LogP contribution in [0.4, 0.5) is 4.39 Å². The van der Waals surface area contributed by atoms with E-state index in [4.69, 9.17) is 27.2 Å². The first-order valence-corrected chi connectivity index (χ1v) is 10.8. The van der Waals surface area contributed by atoms with Crippen LogP contribution in [0.25, 0.3) is 0 Å². The second-order valence-corrected chi connectivity index (χ2v) is 9.29. The van der Waals surface area contributed by atoms with Crippen LogP contribution < -0.4 is 21.1 Å². The molecule has 0 spiro atoms. The largest absolute Gasteiger partial charge is 0.484 e. The highest BCUT2D eigenvalue weighted by atomic mass is 35.5. The van der Waals surface area contributed by atoms with Gasteiger partial charge in [-0.15, -0.1) is 0 Å². The van der Waals surface area contributed by atoms with Gasteiger partial charge in [-0.1, -0.05) is 11.6 Å². The van der Waals surface area contributed by atoms with Crippen LogP contribution in [0.1, 0.15) is 25.7 Å². The van der Waals surface area contributed by atoms with Crippen molar-refractivity contribution < 1.29 is 28.6 Å². The lowest BCUT2D eigenvalue weighted by Crippen LogP contribution is -2.80. The highest BCUT2D eigenvalue weighted by Gasteiger charge is 2.76. The van der Waals surface area contributed by atoms with Crippen molar-refractivity contribution in [2.75, 3.05) is 19.8 Å². The van der Waals surface area contributed by atoms with Crippen molar-refractivity contribution >= 4 is 35.0 Å². The Balaban J connectivity index is 1.36. The van der Waals surface area contributed by atoms with E-state index in [2.05, 4.69) is 15.6 Å². The molecule has 0 radical (unpaired) electrons. The summed E-state index contributed by atoms with van der Waals surface area (Å²) in [7, 11) is 0. The van der Waals surface area contributed by atoms with Crippen molar-refractivity contribution in [3.05, 3.63) is 41.3 Å². The minimum atomic E-state index is -1.08. The van der Waals surface area contributed by atoms with Gasteiger partial charge in [0, 0.05) is 30.8 Å². The number of nitrogens with one attached hydrogen (secondary N) is 2. The molecule has 1 atom stereocenters. The predicted molar refractivity (Wildman–Crippen MR) is 117 cm³/mol. The van der Waals surface area contributed by atoms with Crippen molar-refractivity contribution in [3.63, 3.8) is 0 Å². The molecule has 2 bridgehead atoms.